The molecule has 0 aliphatic rings. The fraction of sp³-hybridized carbons (Fsp3) is 0.267. The third-order valence-corrected chi connectivity index (χ3v) is 3.37. The number of hydrogen-bond acceptors (Lipinski definition) is 3. The minimum absolute atomic E-state index is 0.0476. The number of rotatable bonds is 5. The van der Waals surface area contributed by atoms with E-state index in [1.165, 1.54) is 12.1 Å². The summed E-state index contributed by atoms with van der Waals surface area (Å²) in [5.41, 5.74) is 1.63. The fourth-order valence-electron chi connectivity index (χ4n) is 1.71. The van der Waals surface area contributed by atoms with Gasteiger partial charge in [0.25, 0.3) is 0 Å². The predicted octanol–water partition coefficient (Wildman–Crippen LogP) is 4.38. The van der Waals surface area contributed by atoms with Gasteiger partial charge in [-0.1, -0.05) is 15.9 Å². The molecule has 0 unspecified atom stereocenters. The monoisotopic (exact) mass is 338 g/mol. The average molecular weight is 339 g/mol. The maximum atomic E-state index is 13.2. The van der Waals surface area contributed by atoms with Crippen molar-refractivity contribution in [3.8, 4) is 5.88 Å². The molecule has 3 nitrogen and oxygen atoms in total. The molecule has 1 heterocycles. The summed E-state index contributed by atoms with van der Waals surface area (Å²) in [5.74, 6) is 0.296. The van der Waals surface area contributed by atoms with E-state index >= 15 is 0 Å². The lowest BCUT2D eigenvalue weighted by Gasteiger charge is -2.14. The Balaban J connectivity index is 2.12. The lowest BCUT2D eigenvalue weighted by Crippen LogP contribution is -2.10. The maximum Gasteiger partial charge on any atom is 0.237 e. The lowest BCUT2D eigenvalue weighted by atomic mass is 10.2. The van der Waals surface area contributed by atoms with Gasteiger partial charge in [-0.2, -0.15) is 0 Å². The van der Waals surface area contributed by atoms with Crippen molar-refractivity contribution in [2.45, 2.75) is 26.5 Å². The lowest BCUT2D eigenvalue weighted by molar-refractivity contribution is 0.234. The Bertz CT molecular complexity index is 590. The SMILES string of the molecule is CC(C)Oc1ncccc1NCc1cc(F)ccc1Br. The van der Waals surface area contributed by atoms with Crippen molar-refractivity contribution in [1.82, 2.24) is 4.98 Å². The number of anilines is 1. The first-order chi connectivity index (χ1) is 9.56. The molecule has 0 aliphatic carbocycles. The van der Waals surface area contributed by atoms with Crippen LogP contribution in [0.25, 0.3) is 0 Å². The highest BCUT2D eigenvalue weighted by Crippen LogP contribution is 2.24. The Labute approximate surface area is 126 Å². The fourth-order valence-corrected chi connectivity index (χ4v) is 2.10. The summed E-state index contributed by atoms with van der Waals surface area (Å²) in [4.78, 5) is 4.20. The highest BCUT2D eigenvalue weighted by atomic mass is 79.9. The first kappa shape index (κ1) is 14.8. The minimum Gasteiger partial charge on any atom is -0.473 e. The maximum absolute atomic E-state index is 13.2. The van der Waals surface area contributed by atoms with E-state index in [0.29, 0.717) is 12.4 Å². The molecule has 0 fully saturated rings. The molecule has 2 rings (SSSR count). The standard InChI is InChI=1S/C15H16BrFN2O/c1-10(2)20-15-14(4-3-7-18-15)19-9-11-8-12(17)5-6-13(11)16/h3-8,10,19H,9H2,1-2H3. The summed E-state index contributed by atoms with van der Waals surface area (Å²) in [5, 5.41) is 3.22. The average Bonchev–Trinajstić information content (AvgIpc) is 2.41. The molecular formula is C15H16BrFN2O. The Kier molecular flexibility index (Phi) is 4.95. The molecule has 2 aromatic rings. The third-order valence-electron chi connectivity index (χ3n) is 2.60. The Hall–Kier alpha value is -1.62. The molecule has 106 valence electrons. The molecule has 0 aliphatic heterocycles. The second kappa shape index (κ2) is 6.70. The van der Waals surface area contributed by atoms with Crippen LogP contribution in [-0.4, -0.2) is 11.1 Å². The Morgan fingerprint density at radius 2 is 2.15 bits per heavy atom. The molecule has 0 radical (unpaired) electrons. The Morgan fingerprint density at radius 3 is 2.90 bits per heavy atom. The van der Waals surface area contributed by atoms with Crippen molar-refractivity contribution < 1.29 is 9.13 Å². The summed E-state index contributed by atoms with van der Waals surface area (Å²) < 4.78 is 19.7. The van der Waals surface area contributed by atoms with Crippen molar-refractivity contribution in [3.63, 3.8) is 0 Å². The molecule has 0 saturated heterocycles. The van der Waals surface area contributed by atoms with Crippen molar-refractivity contribution in [2.75, 3.05) is 5.32 Å². The number of benzene rings is 1. The quantitative estimate of drug-likeness (QED) is 0.878. The van der Waals surface area contributed by atoms with Gasteiger partial charge in [0.05, 0.1) is 11.8 Å². The zero-order chi connectivity index (χ0) is 14.5. The van der Waals surface area contributed by atoms with Gasteiger partial charge in [0.15, 0.2) is 0 Å². The summed E-state index contributed by atoms with van der Waals surface area (Å²) in [6.07, 6.45) is 1.73. The summed E-state index contributed by atoms with van der Waals surface area (Å²) in [6, 6.07) is 8.33. The zero-order valence-corrected chi connectivity index (χ0v) is 12.9. The molecule has 0 saturated carbocycles. The Morgan fingerprint density at radius 1 is 1.35 bits per heavy atom. The van der Waals surface area contributed by atoms with Crippen molar-refractivity contribution in [1.29, 1.82) is 0 Å². The molecule has 5 heteroatoms. The van der Waals surface area contributed by atoms with Crippen LogP contribution in [0.4, 0.5) is 10.1 Å². The van der Waals surface area contributed by atoms with Crippen LogP contribution < -0.4 is 10.1 Å². The molecule has 1 aromatic carbocycles. The van der Waals surface area contributed by atoms with Crippen LogP contribution >= 0.6 is 15.9 Å². The number of pyridine rings is 1. The molecule has 0 amide bonds. The molecular weight excluding hydrogens is 323 g/mol. The zero-order valence-electron chi connectivity index (χ0n) is 11.4. The number of ether oxygens (including phenoxy) is 1. The minimum atomic E-state index is -0.255. The van der Waals surface area contributed by atoms with Crippen LogP contribution in [0, 0.1) is 5.82 Å². The number of halogens is 2. The largest absolute Gasteiger partial charge is 0.473 e. The van der Waals surface area contributed by atoms with E-state index in [1.54, 1.807) is 12.3 Å². The number of nitrogens with zero attached hydrogens (tertiary/aromatic N) is 1. The second-order valence-corrected chi connectivity index (χ2v) is 5.47. The first-order valence-electron chi connectivity index (χ1n) is 6.35. The second-order valence-electron chi connectivity index (χ2n) is 4.61. The molecule has 0 bridgehead atoms. The number of hydrogen-bond donors (Lipinski definition) is 1. The molecule has 0 spiro atoms. The van der Waals surface area contributed by atoms with Gasteiger partial charge in [-0.05, 0) is 49.7 Å². The van der Waals surface area contributed by atoms with E-state index < -0.39 is 0 Å². The van der Waals surface area contributed by atoms with Crippen molar-refractivity contribution in [2.24, 2.45) is 0 Å². The van der Waals surface area contributed by atoms with E-state index in [4.69, 9.17) is 4.74 Å². The van der Waals surface area contributed by atoms with Gasteiger partial charge in [0.2, 0.25) is 5.88 Å². The van der Waals surface area contributed by atoms with Gasteiger partial charge < -0.3 is 10.1 Å². The van der Waals surface area contributed by atoms with Crippen molar-refractivity contribution >= 4 is 21.6 Å². The van der Waals surface area contributed by atoms with Gasteiger partial charge in [0.1, 0.15) is 5.82 Å². The highest BCUT2D eigenvalue weighted by molar-refractivity contribution is 9.10. The van der Waals surface area contributed by atoms with Gasteiger partial charge in [-0.3, -0.25) is 0 Å². The molecule has 0 atom stereocenters. The summed E-state index contributed by atoms with van der Waals surface area (Å²) >= 11 is 3.41. The van der Waals surface area contributed by atoms with Crippen LogP contribution in [0.15, 0.2) is 41.0 Å². The molecule has 1 N–H and O–H groups in total. The van der Waals surface area contributed by atoms with E-state index in [0.717, 1.165) is 15.7 Å². The predicted molar refractivity (Wildman–Crippen MR) is 81.4 cm³/mol. The summed E-state index contributed by atoms with van der Waals surface area (Å²) in [6.45, 7) is 4.38. The van der Waals surface area contributed by atoms with Gasteiger partial charge in [-0.15, -0.1) is 0 Å². The normalized spacial score (nSPS) is 10.7. The van der Waals surface area contributed by atoms with Gasteiger partial charge >= 0.3 is 0 Å². The van der Waals surface area contributed by atoms with Crippen LogP contribution in [0.1, 0.15) is 19.4 Å². The van der Waals surface area contributed by atoms with Crippen LogP contribution in [-0.2, 0) is 6.54 Å². The topological polar surface area (TPSA) is 34.1 Å². The number of nitrogens with one attached hydrogen (secondary N) is 1. The van der Waals surface area contributed by atoms with Crippen molar-refractivity contribution in [3.05, 3.63) is 52.4 Å². The van der Waals surface area contributed by atoms with E-state index in [9.17, 15) is 4.39 Å². The first-order valence-corrected chi connectivity index (χ1v) is 7.15. The number of aromatic nitrogens is 1. The smallest absolute Gasteiger partial charge is 0.237 e. The van der Waals surface area contributed by atoms with Crippen LogP contribution in [0.3, 0.4) is 0 Å². The van der Waals surface area contributed by atoms with E-state index in [1.807, 2.05) is 26.0 Å². The van der Waals surface area contributed by atoms with E-state index in [-0.39, 0.29) is 11.9 Å². The van der Waals surface area contributed by atoms with Crippen LogP contribution in [0.5, 0.6) is 5.88 Å². The molecule has 1 aromatic heterocycles. The van der Waals surface area contributed by atoms with E-state index in [2.05, 4.69) is 26.2 Å². The highest BCUT2D eigenvalue weighted by Gasteiger charge is 2.08. The van der Waals surface area contributed by atoms with Gasteiger partial charge in [-0.25, -0.2) is 9.37 Å². The third kappa shape index (κ3) is 3.93. The summed E-state index contributed by atoms with van der Waals surface area (Å²) in [7, 11) is 0. The van der Waals surface area contributed by atoms with Gasteiger partial charge in [0, 0.05) is 17.2 Å². The van der Waals surface area contributed by atoms with Crippen LogP contribution in [0.2, 0.25) is 0 Å². The molecule has 20 heavy (non-hydrogen) atoms.